The van der Waals surface area contributed by atoms with Crippen molar-refractivity contribution in [3.63, 3.8) is 0 Å². The lowest BCUT2D eigenvalue weighted by atomic mass is 10.0. The molecule has 0 aromatic carbocycles. The molecule has 0 saturated carbocycles. The second-order valence-corrected chi connectivity index (χ2v) is 5.75. The number of fused-ring (bicyclic) bond motifs is 1. The number of imidazole rings is 1. The van der Waals surface area contributed by atoms with E-state index in [1.807, 2.05) is 6.07 Å². The van der Waals surface area contributed by atoms with Gasteiger partial charge in [-0.15, -0.1) is 0 Å². The molecular weight excluding hydrogens is 238 g/mol. The fourth-order valence-corrected chi connectivity index (χ4v) is 2.58. The van der Waals surface area contributed by atoms with Gasteiger partial charge in [0.1, 0.15) is 5.52 Å². The number of hydrogen-bond donors (Lipinski definition) is 1. The highest BCUT2D eigenvalue weighted by Crippen LogP contribution is 2.26. The number of nitrogens with zero attached hydrogens (tertiary/aromatic N) is 4. The van der Waals surface area contributed by atoms with Crippen molar-refractivity contribution in [2.24, 2.45) is 5.92 Å². The Labute approximate surface area is 114 Å². The lowest BCUT2D eigenvalue weighted by molar-refractivity contribution is 0.294. The van der Waals surface area contributed by atoms with Crippen LogP contribution in [-0.4, -0.2) is 40.1 Å². The van der Waals surface area contributed by atoms with Crippen LogP contribution in [0.5, 0.6) is 0 Å². The molecule has 19 heavy (non-hydrogen) atoms. The van der Waals surface area contributed by atoms with E-state index in [2.05, 4.69) is 47.4 Å². The first kappa shape index (κ1) is 13.8. The number of likely N-dealkylation sites (N-methyl/N-ethyl adjacent to an activating group) is 1. The zero-order chi connectivity index (χ0) is 14.0. The smallest absolute Gasteiger partial charge is 0.201 e. The van der Waals surface area contributed by atoms with Gasteiger partial charge in [0.05, 0.1) is 17.8 Å². The summed E-state index contributed by atoms with van der Waals surface area (Å²) in [6.45, 7) is 5.43. The molecule has 0 saturated heterocycles. The van der Waals surface area contributed by atoms with Crippen LogP contribution in [0.3, 0.4) is 0 Å². The van der Waals surface area contributed by atoms with E-state index in [1.165, 1.54) is 0 Å². The number of anilines is 1. The maximum absolute atomic E-state index is 6.11. The van der Waals surface area contributed by atoms with E-state index < -0.39 is 0 Å². The Morgan fingerprint density at radius 2 is 2.11 bits per heavy atom. The van der Waals surface area contributed by atoms with Crippen LogP contribution in [0.2, 0.25) is 0 Å². The molecule has 2 aromatic rings. The highest BCUT2D eigenvalue weighted by molar-refractivity contribution is 5.77. The molecule has 0 bridgehead atoms. The highest BCUT2D eigenvalue weighted by atomic mass is 15.2. The van der Waals surface area contributed by atoms with Gasteiger partial charge in [-0.3, -0.25) is 4.98 Å². The maximum atomic E-state index is 6.11. The van der Waals surface area contributed by atoms with Crippen molar-refractivity contribution < 1.29 is 0 Å². The van der Waals surface area contributed by atoms with Gasteiger partial charge in [0, 0.05) is 12.7 Å². The van der Waals surface area contributed by atoms with Gasteiger partial charge in [0.2, 0.25) is 5.95 Å². The molecule has 5 nitrogen and oxygen atoms in total. The minimum atomic E-state index is 0.336. The van der Waals surface area contributed by atoms with Crippen molar-refractivity contribution in [2.45, 2.75) is 26.3 Å². The molecule has 2 rings (SSSR count). The third-order valence-corrected chi connectivity index (χ3v) is 3.20. The fraction of sp³-hybridized carbons (Fsp3) is 0.571. The number of nitrogens with two attached hydrogens (primary N) is 1. The summed E-state index contributed by atoms with van der Waals surface area (Å²) >= 11 is 0. The second-order valence-electron chi connectivity index (χ2n) is 5.75. The average molecular weight is 261 g/mol. The molecule has 0 aliphatic carbocycles. The summed E-state index contributed by atoms with van der Waals surface area (Å²) in [5, 5.41) is 0. The summed E-state index contributed by atoms with van der Waals surface area (Å²) < 4.78 is 2.15. The van der Waals surface area contributed by atoms with Gasteiger partial charge in [-0.25, -0.2) is 4.98 Å². The van der Waals surface area contributed by atoms with E-state index in [0.29, 0.717) is 17.9 Å². The summed E-state index contributed by atoms with van der Waals surface area (Å²) in [4.78, 5) is 10.7. The largest absolute Gasteiger partial charge is 0.369 e. The molecule has 2 aromatic heterocycles. The molecule has 2 heterocycles. The SMILES string of the molecule is CC(C)CC(CN(C)C)n1c(N)nc2cnccc21. The first-order valence-corrected chi connectivity index (χ1v) is 6.71. The summed E-state index contributed by atoms with van der Waals surface area (Å²) in [5.41, 5.74) is 8.05. The lowest BCUT2D eigenvalue weighted by Gasteiger charge is -2.25. The van der Waals surface area contributed by atoms with Crippen LogP contribution < -0.4 is 5.73 Å². The molecule has 0 amide bonds. The van der Waals surface area contributed by atoms with E-state index in [0.717, 1.165) is 24.0 Å². The van der Waals surface area contributed by atoms with E-state index in [9.17, 15) is 0 Å². The Morgan fingerprint density at radius 1 is 1.37 bits per heavy atom. The minimum absolute atomic E-state index is 0.336. The number of hydrogen-bond acceptors (Lipinski definition) is 4. The highest BCUT2D eigenvalue weighted by Gasteiger charge is 2.19. The van der Waals surface area contributed by atoms with Crippen LogP contribution in [0.4, 0.5) is 5.95 Å². The van der Waals surface area contributed by atoms with E-state index >= 15 is 0 Å². The zero-order valence-electron chi connectivity index (χ0n) is 12.2. The number of aromatic nitrogens is 3. The van der Waals surface area contributed by atoms with E-state index in [1.54, 1.807) is 12.4 Å². The zero-order valence-corrected chi connectivity index (χ0v) is 12.2. The predicted molar refractivity (Wildman–Crippen MR) is 79.0 cm³/mol. The Hall–Kier alpha value is -1.62. The van der Waals surface area contributed by atoms with Gasteiger partial charge in [0.15, 0.2) is 0 Å². The second kappa shape index (κ2) is 5.57. The summed E-state index contributed by atoms with van der Waals surface area (Å²) in [6.07, 6.45) is 4.64. The van der Waals surface area contributed by atoms with Gasteiger partial charge in [0.25, 0.3) is 0 Å². The van der Waals surface area contributed by atoms with E-state index in [4.69, 9.17) is 5.73 Å². The maximum Gasteiger partial charge on any atom is 0.201 e. The van der Waals surface area contributed by atoms with Crippen LogP contribution in [0.15, 0.2) is 18.5 Å². The molecule has 0 radical (unpaired) electrons. The molecule has 1 atom stereocenters. The molecule has 0 aliphatic heterocycles. The Bertz CT molecular complexity index is 534. The first-order chi connectivity index (χ1) is 8.99. The van der Waals surface area contributed by atoms with Gasteiger partial charge in [-0.1, -0.05) is 13.8 Å². The summed E-state index contributed by atoms with van der Waals surface area (Å²) in [6, 6.07) is 2.32. The summed E-state index contributed by atoms with van der Waals surface area (Å²) in [5.74, 6) is 1.19. The topological polar surface area (TPSA) is 60.0 Å². The summed E-state index contributed by atoms with van der Waals surface area (Å²) in [7, 11) is 4.17. The number of rotatable bonds is 5. The van der Waals surface area contributed by atoms with Crippen LogP contribution >= 0.6 is 0 Å². The van der Waals surface area contributed by atoms with Crippen LogP contribution in [0, 0.1) is 5.92 Å². The molecular formula is C14H23N5. The lowest BCUT2D eigenvalue weighted by Crippen LogP contribution is -2.26. The molecule has 5 heteroatoms. The molecule has 104 valence electrons. The third-order valence-electron chi connectivity index (χ3n) is 3.20. The predicted octanol–water partition coefficient (Wildman–Crippen LogP) is 2.16. The van der Waals surface area contributed by atoms with E-state index in [-0.39, 0.29) is 0 Å². The molecule has 0 aliphatic rings. The van der Waals surface area contributed by atoms with Crippen molar-refractivity contribution in [3.05, 3.63) is 18.5 Å². The third kappa shape index (κ3) is 3.04. The normalized spacial score (nSPS) is 13.6. The van der Waals surface area contributed by atoms with Gasteiger partial charge in [-0.05, 0) is 32.5 Å². The fourth-order valence-electron chi connectivity index (χ4n) is 2.58. The number of pyridine rings is 1. The van der Waals surface area contributed by atoms with Crippen molar-refractivity contribution in [3.8, 4) is 0 Å². The van der Waals surface area contributed by atoms with Crippen molar-refractivity contribution in [1.82, 2.24) is 19.4 Å². The Kier molecular flexibility index (Phi) is 4.04. The van der Waals surface area contributed by atoms with Gasteiger partial charge >= 0.3 is 0 Å². The molecule has 2 N–H and O–H groups in total. The van der Waals surface area contributed by atoms with Crippen molar-refractivity contribution in [1.29, 1.82) is 0 Å². The van der Waals surface area contributed by atoms with Crippen LogP contribution in [0.1, 0.15) is 26.3 Å². The standard InChI is InChI=1S/C14H23N5/c1-10(2)7-11(9-18(3)4)19-13-5-6-16-8-12(13)17-14(19)15/h5-6,8,10-11H,7,9H2,1-4H3,(H2,15,17). The molecule has 0 spiro atoms. The van der Waals surface area contributed by atoms with Crippen LogP contribution in [-0.2, 0) is 0 Å². The monoisotopic (exact) mass is 261 g/mol. The Balaban J connectivity index is 2.45. The van der Waals surface area contributed by atoms with Crippen LogP contribution in [0.25, 0.3) is 11.0 Å². The molecule has 0 fully saturated rings. The van der Waals surface area contributed by atoms with Crippen molar-refractivity contribution >= 4 is 17.0 Å². The molecule has 1 unspecified atom stereocenters. The van der Waals surface area contributed by atoms with Gasteiger partial charge < -0.3 is 15.2 Å². The average Bonchev–Trinajstić information content (AvgIpc) is 2.62. The van der Waals surface area contributed by atoms with Crippen molar-refractivity contribution in [2.75, 3.05) is 26.4 Å². The minimum Gasteiger partial charge on any atom is -0.369 e. The number of nitrogen functional groups attached to an aromatic ring is 1. The Morgan fingerprint density at radius 3 is 2.74 bits per heavy atom. The van der Waals surface area contributed by atoms with Gasteiger partial charge in [-0.2, -0.15) is 0 Å². The quantitative estimate of drug-likeness (QED) is 0.896. The first-order valence-electron chi connectivity index (χ1n) is 6.71.